The fourth-order valence-corrected chi connectivity index (χ4v) is 4.66. The molecular formula is C25H26N4O4S. The lowest BCUT2D eigenvalue weighted by atomic mass is 9.94. The number of amides is 2. The lowest BCUT2D eigenvalue weighted by molar-refractivity contribution is -0.136. The van der Waals surface area contributed by atoms with Crippen molar-refractivity contribution in [3.8, 4) is 0 Å². The van der Waals surface area contributed by atoms with Crippen LogP contribution in [0.3, 0.4) is 0 Å². The number of carboxylic acids is 1. The molecule has 2 amide bonds. The van der Waals surface area contributed by atoms with Crippen LogP contribution in [0.15, 0.2) is 53.9 Å². The quantitative estimate of drug-likeness (QED) is 0.361. The maximum atomic E-state index is 13.2. The first kappa shape index (κ1) is 23.4. The smallest absolute Gasteiger partial charge is 0.309 e. The van der Waals surface area contributed by atoms with Gasteiger partial charge in [0.15, 0.2) is 5.13 Å². The number of hydrogen-bond donors (Lipinski definition) is 4. The number of carboxylic acid groups (broad SMARTS) is 1. The highest BCUT2D eigenvalue weighted by molar-refractivity contribution is 7.14. The van der Waals surface area contributed by atoms with E-state index in [2.05, 4.69) is 20.9 Å². The summed E-state index contributed by atoms with van der Waals surface area (Å²) in [6, 6.07) is 14.5. The van der Waals surface area contributed by atoms with E-state index in [0.717, 1.165) is 37.0 Å². The Balaban J connectivity index is 1.55. The lowest BCUT2D eigenvalue weighted by Gasteiger charge is -2.25. The summed E-state index contributed by atoms with van der Waals surface area (Å²) in [6.45, 7) is 0. The molecule has 34 heavy (non-hydrogen) atoms. The summed E-state index contributed by atoms with van der Waals surface area (Å²) in [5.74, 6) is -1.72. The Hall–Kier alpha value is -3.72. The molecule has 2 aromatic carbocycles. The minimum Gasteiger partial charge on any atom is -0.481 e. The summed E-state index contributed by atoms with van der Waals surface area (Å²) in [5, 5.41) is 19.9. The van der Waals surface area contributed by atoms with Gasteiger partial charge in [-0.2, -0.15) is 0 Å². The van der Waals surface area contributed by atoms with Crippen molar-refractivity contribution in [3.05, 3.63) is 70.7 Å². The van der Waals surface area contributed by atoms with Crippen LogP contribution < -0.4 is 16.0 Å². The molecule has 0 atom stereocenters. The monoisotopic (exact) mass is 478 g/mol. The third-order valence-electron chi connectivity index (χ3n) is 5.63. The summed E-state index contributed by atoms with van der Waals surface area (Å²) in [6.07, 6.45) is 5.42. The lowest BCUT2D eigenvalue weighted by Crippen LogP contribution is -2.25. The number of nitrogens with one attached hydrogen (secondary N) is 3. The Morgan fingerprint density at radius 2 is 1.74 bits per heavy atom. The van der Waals surface area contributed by atoms with E-state index in [9.17, 15) is 14.4 Å². The summed E-state index contributed by atoms with van der Waals surface area (Å²) in [4.78, 5) is 41.0. The van der Waals surface area contributed by atoms with Crippen molar-refractivity contribution < 1.29 is 19.5 Å². The molecule has 1 heterocycles. The number of nitrogens with zero attached hydrogens (tertiary/aromatic N) is 1. The van der Waals surface area contributed by atoms with E-state index in [4.69, 9.17) is 5.11 Å². The molecule has 0 radical (unpaired) electrons. The van der Waals surface area contributed by atoms with Crippen LogP contribution >= 0.6 is 11.3 Å². The zero-order chi connectivity index (χ0) is 23.9. The van der Waals surface area contributed by atoms with Crippen molar-refractivity contribution in [2.75, 3.05) is 16.0 Å². The third kappa shape index (κ3) is 6.20. The van der Waals surface area contributed by atoms with E-state index >= 15 is 0 Å². The topological polar surface area (TPSA) is 120 Å². The molecule has 4 rings (SSSR count). The second-order valence-corrected chi connectivity index (χ2v) is 9.09. The van der Waals surface area contributed by atoms with Gasteiger partial charge in [0.05, 0.1) is 17.7 Å². The maximum absolute atomic E-state index is 13.2. The van der Waals surface area contributed by atoms with Crippen molar-refractivity contribution in [2.45, 2.75) is 44.6 Å². The van der Waals surface area contributed by atoms with Gasteiger partial charge in [-0.15, -0.1) is 11.3 Å². The van der Waals surface area contributed by atoms with Crippen LogP contribution in [0.1, 0.15) is 58.5 Å². The highest BCUT2D eigenvalue weighted by Crippen LogP contribution is 2.26. The third-order valence-corrected chi connectivity index (χ3v) is 6.43. The average Bonchev–Trinajstić information content (AvgIpc) is 3.26. The van der Waals surface area contributed by atoms with Gasteiger partial charge in [-0.3, -0.25) is 19.7 Å². The molecule has 3 aromatic rings. The summed E-state index contributed by atoms with van der Waals surface area (Å²) in [7, 11) is 0. The van der Waals surface area contributed by atoms with Gasteiger partial charge in [-0.1, -0.05) is 37.5 Å². The highest BCUT2D eigenvalue weighted by atomic mass is 32.1. The first-order chi connectivity index (χ1) is 16.5. The van der Waals surface area contributed by atoms with Crippen LogP contribution in [0.5, 0.6) is 0 Å². The number of carbonyl (C=O) groups excluding carboxylic acids is 2. The van der Waals surface area contributed by atoms with E-state index < -0.39 is 11.9 Å². The Kier molecular flexibility index (Phi) is 7.54. The molecule has 0 aliphatic heterocycles. The van der Waals surface area contributed by atoms with E-state index in [0.29, 0.717) is 39.4 Å². The first-order valence-electron chi connectivity index (χ1n) is 11.2. The highest BCUT2D eigenvalue weighted by Gasteiger charge is 2.20. The van der Waals surface area contributed by atoms with E-state index in [1.807, 2.05) is 18.2 Å². The number of aromatic nitrogens is 1. The van der Waals surface area contributed by atoms with Crippen LogP contribution in [0.25, 0.3) is 0 Å². The predicted molar refractivity (Wildman–Crippen MR) is 133 cm³/mol. The number of benzene rings is 2. The van der Waals surface area contributed by atoms with Crippen molar-refractivity contribution in [2.24, 2.45) is 0 Å². The number of carbonyl (C=O) groups is 3. The van der Waals surface area contributed by atoms with Crippen molar-refractivity contribution >= 4 is 45.6 Å². The molecule has 1 aliphatic rings. The second-order valence-electron chi connectivity index (χ2n) is 8.23. The number of anilines is 3. The molecule has 0 saturated heterocycles. The molecule has 1 aliphatic carbocycles. The normalized spacial score (nSPS) is 13.8. The second kappa shape index (κ2) is 10.9. The molecule has 0 bridgehead atoms. The van der Waals surface area contributed by atoms with Crippen LogP contribution in [-0.4, -0.2) is 33.9 Å². The molecule has 8 nitrogen and oxygen atoms in total. The van der Waals surface area contributed by atoms with Gasteiger partial charge in [0.1, 0.15) is 0 Å². The van der Waals surface area contributed by atoms with Crippen LogP contribution in [0.2, 0.25) is 0 Å². The van der Waals surface area contributed by atoms with Gasteiger partial charge < -0.3 is 15.7 Å². The molecule has 9 heteroatoms. The predicted octanol–water partition coefficient (Wildman–Crippen LogP) is 5.02. The largest absolute Gasteiger partial charge is 0.481 e. The Bertz CT molecular complexity index is 1170. The molecule has 0 unspecified atom stereocenters. The van der Waals surface area contributed by atoms with Crippen LogP contribution in [-0.2, 0) is 11.2 Å². The molecule has 1 saturated carbocycles. The average molecular weight is 479 g/mol. The zero-order valence-electron chi connectivity index (χ0n) is 18.5. The number of aliphatic carboxylic acids is 1. The molecule has 0 spiro atoms. The molecular weight excluding hydrogens is 452 g/mol. The standard InChI is InChI=1S/C25H26N4O4S/c30-22(31)14-19-15-34-25(28-19)29-23(32)16-11-12-21(26-17-7-3-1-4-8-17)20(13-16)24(33)27-18-9-5-2-6-10-18/h2,5-6,9-13,15,17,26H,1,3-4,7-8,14H2,(H,27,33)(H,30,31)(H,28,29,32). The van der Waals surface area contributed by atoms with Crippen LogP contribution in [0, 0.1) is 0 Å². The van der Waals surface area contributed by atoms with E-state index in [1.54, 1.807) is 35.7 Å². The molecule has 176 valence electrons. The van der Waals surface area contributed by atoms with Gasteiger partial charge >= 0.3 is 5.97 Å². The fraction of sp³-hybridized carbons (Fsp3) is 0.280. The zero-order valence-corrected chi connectivity index (χ0v) is 19.4. The number of rotatable bonds is 8. The minimum atomic E-state index is -0.988. The summed E-state index contributed by atoms with van der Waals surface area (Å²) >= 11 is 1.16. The van der Waals surface area contributed by atoms with E-state index in [1.165, 1.54) is 6.42 Å². The Morgan fingerprint density at radius 3 is 2.47 bits per heavy atom. The Morgan fingerprint density at radius 1 is 0.971 bits per heavy atom. The van der Waals surface area contributed by atoms with Crippen molar-refractivity contribution in [1.82, 2.24) is 4.98 Å². The van der Waals surface area contributed by atoms with Gasteiger partial charge in [-0.05, 0) is 43.2 Å². The van der Waals surface area contributed by atoms with E-state index in [-0.39, 0.29) is 12.3 Å². The van der Waals surface area contributed by atoms with Crippen molar-refractivity contribution in [1.29, 1.82) is 0 Å². The maximum Gasteiger partial charge on any atom is 0.309 e. The SMILES string of the molecule is O=C(O)Cc1csc(NC(=O)c2ccc(NC3CCCCC3)c(C(=O)Nc3ccccc3)c2)n1. The van der Waals surface area contributed by atoms with Gasteiger partial charge in [-0.25, -0.2) is 4.98 Å². The number of thiazole rings is 1. The fourth-order valence-electron chi connectivity index (χ4n) is 3.96. The van der Waals surface area contributed by atoms with Gasteiger partial charge in [0, 0.05) is 28.4 Å². The summed E-state index contributed by atoms with van der Waals surface area (Å²) < 4.78 is 0. The number of para-hydroxylation sites is 1. The minimum absolute atomic E-state index is 0.211. The van der Waals surface area contributed by atoms with Crippen LogP contribution in [0.4, 0.5) is 16.5 Å². The molecule has 1 fully saturated rings. The molecule has 1 aromatic heterocycles. The van der Waals surface area contributed by atoms with Crippen molar-refractivity contribution in [3.63, 3.8) is 0 Å². The van der Waals surface area contributed by atoms with Gasteiger partial charge in [0.25, 0.3) is 11.8 Å². The summed E-state index contributed by atoms with van der Waals surface area (Å²) in [5.41, 5.74) is 2.42. The Labute approximate surface area is 201 Å². The van der Waals surface area contributed by atoms with Gasteiger partial charge in [0.2, 0.25) is 0 Å². The molecule has 4 N–H and O–H groups in total. The number of hydrogen-bond acceptors (Lipinski definition) is 6. The first-order valence-corrected chi connectivity index (χ1v) is 12.1.